The first kappa shape index (κ1) is 25.2. The topological polar surface area (TPSA) is 143 Å². The van der Waals surface area contributed by atoms with E-state index in [0.717, 1.165) is 30.9 Å². The van der Waals surface area contributed by atoms with Gasteiger partial charge in [0.15, 0.2) is 17.3 Å². The van der Waals surface area contributed by atoms with E-state index >= 15 is 4.39 Å². The fraction of sp³-hybridized carbons (Fsp3) is 0.290. The molecule has 0 atom stereocenters. The molecule has 44 heavy (non-hydrogen) atoms. The van der Waals surface area contributed by atoms with Gasteiger partial charge in [-0.05, 0) is 42.5 Å². The normalized spacial score (nSPS) is 15.3. The van der Waals surface area contributed by atoms with Crippen LogP contribution in [0.15, 0.2) is 48.5 Å². The molecule has 2 aromatic heterocycles. The number of hydrogen-bond donors (Lipinski definition) is 3. The Morgan fingerprint density at radius 1 is 1.07 bits per heavy atom. The van der Waals surface area contributed by atoms with E-state index in [4.69, 9.17) is 8.85 Å². The molecule has 2 aliphatic rings. The highest BCUT2D eigenvalue weighted by atomic mass is 19.1. The van der Waals surface area contributed by atoms with Gasteiger partial charge < -0.3 is 25.6 Å². The molecular formula is C31H31FN8O4. The van der Waals surface area contributed by atoms with Crippen molar-refractivity contribution in [3.63, 3.8) is 0 Å². The van der Waals surface area contributed by atoms with Crippen molar-refractivity contribution in [3.8, 4) is 17.0 Å². The average molecular weight is 602 g/mol. The highest BCUT2D eigenvalue weighted by Crippen LogP contribution is 2.39. The first-order chi connectivity index (χ1) is 22.4. The van der Waals surface area contributed by atoms with Gasteiger partial charge in [0.2, 0.25) is 5.91 Å². The molecule has 3 amide bonds. The molecule has 3 heterocycles. The number of hydrogen-bond acceptors (Lipinski definition) is 8. The highest BCUT2D eigenvalue weighted by Gasteiger charge is 2.30. The highest BCUT2D eigenvalue weighted by molar-refractivity contribution is 6.00. The van der Waals surface area contributed by atoms with Gasteiger partial charge in [0, 0.05) is 54.8 Å². The molecule has 1 saturated carbocycles. The predicted molar refractivity (Wildman–Crippen MR) is 160 cm³/mol. The van der Waals surface area contributed by atoms with Crippen molar-refractivity contribution in [1.29, 1.82) is 0 Å². The van der Waals surface area contributed by atoms with Crippen LogP contribution in [0, 0.1) is 11.7 Å². The summed E-state index contributed by atoms with van der Waals surface area (Å²) in [6.07, 6.45) is 2.20. The van der Waals surface area contributed by atoms with Gasteiger partial charge in [-0.15, -0.1) is 10.2 Å². The quantitative estimate of drug-likeness (QED) is 0.278. The van der Waals surface area contributed by atoms with E-state index in [1.807, 2.05) is 23.5 Å². The minimum absolute atomic E-state index is 0.00126. The summed E-state index contributed by atoms with van der Waals surface area (Å²) in [4.78, 5) is 40.6. The van der Waals surface area contributed by atoms with Crippen LogP contribution in [0.25, 0.3) is 11.3 Å². The van der Waals surface area contributed by atoms with Crippen LogP contribution in [0.4, 0.5) is 21.6 Å². The van der Waals surface area contributed by atoms with Crippen molar-refractivity contribution in [1.82, 2.24) is 30.2 Å². The van der Waals surface area contributed by atoms with E-state index < -0.39 is 24.4 Å². The molecule has 0 radical (unpaired) electrons. The molecule has 4 aromatic rings. The Balaban J connectivity index is 1.33. The van der Waals surface area contributed by atoms with Gasteiger partial charge in [-0.25, -0.2) is 4.39 Å². The molecule has 0 spiro atoms. The average Bonchev–Trinajstić information content (AvgIpc) is 3.81. The third-order valence-corrected chi connectivity index (χ3v) is 7.64. The van der Waals surface area contributed by atoms with Crippen molar-refractivity contribution in [2.24, 2.45) is 13.0 Å². The molecule has 1 fully saturated rings. The van der Waals surface area contributed by atoms with E-state index in [2.05, 4.69) is 32.0 Å². The second kappa shape index (κ2) is 11.7. The standard InChI is InChI=1S/C31H31FN8O4/c1-33-30(42)27-23(15-26(36-37-27)35-29(41)18-8-9-18)34-24-13-20(32)12-21(28(24)44-3)22-14-25(39(2)38-22)31(43)40-11-10-17-6-4-5-7-19(17)16-40/h4-7,12-15,18H,8-11,16H2,1-3H3,(H,33,42)(H2,34,35,36,41)/i1D3. The summed E-state index contributed by atoms with van der Waals surface area (Å²) in [5.41, 5.74) is 2.54. The summed E-state index contributed by atoms with van der Waals surface area (Å²) in [6, 6.07) is 13.1. The second-order valence-electron chi connectivity index (χ2n) is 10.7. The summed E-state index contributed by atoms with van der Waals surface area (Å²) in [5.74, 6) is -2.33. The third kappa shape index (κ3) is 5.68. The molecule has 1 aliphatic heterocycles. The smallest absolute Gasteiger partial charge is 0.273 e. The van der Waals surface area contributed by atoms with E-state index in [0.29, 0.717) is 18.8 Å². The van der Waals surface area contributed by atoms with Crippen LogP contribution in [-0.2, 0) is 24.8 Å². The summed E-state index contributed by atoms with van der Waals surface area (Å²) in [7, 11) is 2.98. The molecule has 3 N–H and O–H groups in total. The lowest BCUT2D eigenvalue weighted by Crippen LogP contribution is -2.36. The van der Waals surface area contributed by atoms with E-state index in [-0.39, 0.29) is 51.9 Å². The minimum Gasteiger partial charge on any atom is -0.494 e. The Labute approximate surface area is 256 Å². The summed E-state index contributed by atoms with van der Waals surface area (Å²) in [6.45, 7) is -1.84. The van der Waals surface area contributed by atoms with Crippen LogP contribution in [-0.4, -0.2) is 63.2 Å². The van der Waals surface area contributed by atoms with Crippen LogP contribution in [0.3, 0.4) is 0 Å². The maximum Gasteiger partial charge on any atom is 0.273 e. The SMILES string of the molecule is [2H]C([2H])([2H])NC(=O)c1nnc(NC(=O)C2CC2)cc1Nc1cc(F)cc(-c2cc(C(=O)N3CCc4ccccc4C3)n(C)n2)c1OC. The van der Waals surface area contributed by atoms with E-state index in [1.54, 1.807) is 18.0 Å². The predicted octanol–water partition coefficient (Wildman–Crippen LogP) is 3.68. The van der Waals surface area contributed by atoms with Gasteiger partial charge in [0.25, 0.3) is 11.8 Å². The Morgan fingerprint density at radius 2 is 1.86 bits per heavy atom. The van der Waals surface area contributed by atoms with Crippen LogP contribution in [0.1, 0.15) is 49.1 Å². The van der Waals surface area contributed by atoms with Crippen molar-refractivity contribution >= 4 is 34.9 Å². The second-order valence-corrected chi connectivity index (χ2v) is 10.7. The van der Waals surface area contributed by atoms with Crippen LogP contribution >= 0.6 is 0 Å². The van der Waals surface area contributed by atoms with Gasteiger partial charge in [-0.1, -0.05) is 24.3 Å². The van der Waals surface area contributed by atoms with Gasteiger partial charge in [0.1, 0.15) is 11.5 Å². The lowest BCUT2D eigenvalue weighted by Gasteiger charge is -2.28. The maximum absolute atomic E-state index is 15.2. The lowest BCUT2D eigenvalue weighted by atomic mass is 9.99. The number of fused-ring (bicyclic) bond motifs is 1. The van der Waals surface area contributed by atoms with Crippen molar-refractivity contribution in [2.45, 2.75) is 25.8 Å². The molecule has 13 heteroatoms. The van der Waals surface area contributed by atoms with Gasteiger partial charge >= 0.3 is 0 Å². The van der Waals surface area contributed by atoms with E-state index in [1.165, 1.54) is 29.5 Å². The Bertz CT molecular complexity index is 1890. The Hall–Kier alpha value is -5.33. The largest absolute Gasteiger partial charge is 0.494 e. The number of nitrogens with one attached hydrogen (secondary N) is 3. The number of amides is 3. The molecule has 6 rings (SSSR count). The molecule has 1 aliphatic carbocycles. The lowest BCUT2D eigenvalue weighted by molar-refractivity contribution is -0.117. The number of methoxy groups -OCH3 is 1. The number of nitrogens with zero attached hydrogens (tertiary/aromatic N) is 5. The summed E-state index contributed by atoms with van der Waals surface area (Å²) >= 11 is 0. The molecular weight excluding hydrogens is 567 g/mol. The number of benzene rings is 2. The van der Waals surface area contributed by atoms with Crippen LogP contribution in [0.5, 0.6) is 5.75 Å². The number of ether oxygens (including phenoxy) is 1. The molecule has 0 unspecified atom stereocenters. The van der Waals surface area contributed by atoms with Gasteiger partial charge in [0.05, 0.1) is 24.2 Å². The Morgan fingerprint density at radius 3 is 2.61 bits per heavy atom. The molecule has 2 aromatic carbocycles. The fourth-order valence-electron chi connectivity index (χ4n) is 5.22. The summed E-state index contributed by atoms with van der Waals surface area (Å²) in [5, 5.41) is 19.6. The van der Waals surface area contributed by atoms with Gasteiger partial charge in [-0.3, -0.25) is 19.1 Å². The summed E-state index contributed by atoms with van der Waals surface area (Å²) < 4.78 is 44.6. The van der Waals surface area contributed by atoms with Crippen molar-refractivity contribution in [2.75, 3.05) is 31.3 Å². The number of aryl methyl sites for hydroxylation is 1. The van der Waals surface area contributed by atoms with Crippen LogP contribution < -0.4 is 20.7 Å². The third-order valence-electron chi connectivity index (χ3n) is 7.64. The number of carbonyl (C=O) groups is 3. The number of aromatic nitrogens is 4. The van der Waals surface area contributed by atoms with Crippen molar-refractivity contribution < 1.29 is 27.6 Å². The van der Waals surface area contributed by atoms with Crippen LogP contribution in [0.2, 0.25) is 0 Å². The number of rotatable bonds is 8. The molecule has 12 nitrogen and oxygen atoms in total. The molecule has 226 valence electrons. The number of anilines is 3. The monoisotopic (exact) mass is 601 g/mol. The first-order valence-electron chi connectivity index (χ1n) is 15.5. The maximum atomic E-state index is 15.2. The number of carbonyl (C=O) groups excluding carboxylic acids is 3. The zero-order valence-electron chi connectivity index (χ0n) is 27.0. The van der Waals surface area contributed by atoms with E-state index in [9.17, 15) is 14.4 Å². The Kier molecular flexibility index (Phi) is 6.73. The zero-order valence-corrected chi connectivity index (χ0v) is 24.0. The van der Waals surface area contributed by atoms with Gasteiger partial charge in [-0.2, -0.15) is 5.10 Å². The fourth-order valence-corrected chi connectivity index (χ4v) is 5.22. The first-order valence-corrected chi connectivity index (χ1v) is 14.0. The zero-order chi connectivity index (χ0) is 33.5. The minimum atomic E-state index is -2.83. The molecule has 0 bridgehead atoms. The van der Waals surface area contributed by atoms with Crippen molar-refractivity contribution in [3.05, 3.63) is 76.9 Å². The number of halogens is 1. The molecule has 0 saturated heterocycles.